The quantitative estimate of drug-likeness (QED) is 0.203. The Morgan fingerprint density at radius 1 is 0.919 bits per heavy atom. The van der Waals surface area contributed by atoms with Crippen LogP contribution in [0, 0.1) is 0 Å². The summed E-state index contributed by atoms with van der Waals surface area (Å²) in [5.74, 6) is 0.0405. The fourth-order valence-corrected chi connectivity index (χ4v) is 3.89. The van der Waals surface area contributed by atoms with Gasteiger partial charge in [-0.25, -0.2) is 4.79 Å². The van der Waals surface area contributed by atoms with Crippen LogP contribution in [-0.4, -0.2) is 96.6 Å². The van der Waals surface area contributed by atoms with Gasteiger partial charge in [-0.2, -0.15) is 0 Å². The van der Waals surface area contributed by atoms with Crippen LogP contribution in [0.1, 0.15) is 17.2 Å². The molecule has 6 N–H and O–H groups in total. The first kappa shape index (κ1) is 28.4. The van der Waals surface area contributed by atoms with E-state index >= 15 is 0 Å². The Bertz CT molecular complexity index is 1050. The van der Waals surface area contributed by atoms with Crippen molar-refractivity contribution in [3.05, 3.63) is 47.5 Å². The minimum Gasteiger partial charge on any atom is -0.493 e. The van der Waals surface area contributed by atoms with Crippen molar-refractivity contribution in [3.63, 3.8) is 0 Å². The molecule has 1 aliphatic rings. The van der Waals surface area contributed by atoms with Gasteiger partial charge in [-0.3, -0.25) is 0 Å². The van der Waals surface area contributed by atoms with Crippen molar-refractivity contribution in [1.82, 2.24) is 5.32 Å². The highest BCUT2D eigenvalue weighted by Gasteiger charge is 2.48. The minimum absolute atomic E-state index is 0.0802. The molecule has 12 heteroatoms. The number of aliphatic hydroxyl groups excluding tert-OH is 4. The molecule has 0 amide bonds. The van der Waals surface area contributed by atoms with Gasteiger partial charge in [0, 0.05) is 6.54 Å². The van der Waals surface area contributed by atoms with E-state index in [4.69, 9.17) is 23.7 Å². The maximum atomic E-state index is 11.3. The van der Waals surface area contributed by atoms with Gasteiger partial charge >= 0.3 is 5.97 Å². The molecule has 37 heavy (non-hydrogen) atoms. The number of aliphatic carboxylic acids is 1. The van der Waals surface area contributed by atoms with Gasteiger partial charge in [0.15, 0.2) is 29.1 Å². The van der Waals surface area contributed by atoms with Crippen molar-refractivity contribution >= 4 is 5.97 Å². The predicted molar refractivity (Wildman–Crippen MR) is 129 cm³/mol. The largest absolute Gasteiger partial charge is 0.493 e. The molecule has 1 unspecified atom stereocenters. The number of nitrogens with one attached hydrogen (secondary N) is 1. The lowest BCUT2D eigenvalue weighted by Crippen LogP contribution is -2.61. The second-order valence-electron chi connectivity index (χ2n) is 8.42. The Morgan fingerprint density at radius 2 is 1.57 bits per heavy atom. The molecule has 0 radical (unpaired) electrons. The molecule has 6 atom stereocenters. The van der Waals surface area contributed by atoms with Gasteiger partial charge < -0.3 is 54.5 Å². The zero-order valence-corrected chi connectivity index (χ0v) is 20.7. The number of hydrogen-bond donors (Lipinski definition) is 6. The van der Waals surface area contributed by atoms with Crippen LogP contribution >= 0.6 is 0 Å². The van der Waals surface area contributed by atoms with Crippen molar-refractivity contribution in [1.29, 1.82) is 0 Å². The number of carbonyl (C=O) groups is 1. The molecule has 204 valence electrons. The van der Waals surface area contributed by atoms with Crippen LogP contribution in [0.25, 0.3) is 0 Å². The van der Waals surface area contributed by atoms with E-state index in [2.05, 4.69) is 5.32 Å². The third-order valence-electron chi connectivity index (χ3n) is 6.00. The fourth-order valence-electron chi connectivity index (χ4n) is 3.89. The molecule has 0 spiro atoms. The minimum atomic E-state index is -1.83. The van der Waals surface area contributed by atoms with Gasteiger partial charge in [0.2, 0.25) is 6.29 Å². The van der Waals surface area contributed by atoms with Gasteiger partial charge in [0.25, 0.3) is 0 Å². The monoisotopic (exact) mass is 523 g/mol. The van der Waals surface area contributed by atoms with Crippen molar-refractivity contribution in [2.75, 3.05) is 34.4 Å². The summed E-state index contributed by atoms with van der Waals surface area (Å²) in [7, 11) is 4.52. The van der Waals surface area contributed by atoms with Gasteiger partial charge in [-0.05, 0) is 48.4 Å². The van der Waals surface area contributed by atoms with E-state index in [0.29, 0.717) is 30.0 Å². The summed E-state index contributed by atoms with van der Waals surface area (Å²) in [6.07, 6.45) is -8.88. The van der Waals surface area contributed by atoms with E-state index in [1.54, 1.807) is 20.3 Å². The van der Waals surface area contributed by atoms with Crippen LogP contribution in [-0.2, 0) is 16.0 Å². The maximum absolute atomic E-state index is 11.3. The molecule has 3 rings (SSSR count). The van der Waals surface area contributed by atoms with Crippen molar-refractivity contribution < 1.29 is 54.0 Å². The van der Waals surface area contributed by atoms with Gasteiger partial charge in [-0.15, -0.1) is 0 Å². The molecule has 1 fully saturated rings. The second-order valence-corrected chi connectivity index (χ2v) is 8.42. The fraction of sp³-hybridized carbons (Fsp3) is 0.480. The number of ether oxygens (including phenoxy) is 5. The molecule has 0 aliphatic carbocycles. The molecule has 0 saturated carbocycles. The Hall–Kier alpha value is -3.13. The predicted octanol–water partition coefficient (Wildman–Crippen LogP) is -0.151. The van der Waals surface area contributed by atoms with Gasteiger partial charge in [0.1, 0.15) is 18.3 Å². The summed E-state index contributed by atoms with van der Waals surface area (Å²) in [6.45, 7) is 0.853. The number of hydrogen-bond acceptors (Lipinski definition) is 11. The lowest BCUT2D eigenvalue weighted by molar-refractivity contribution is -0.271. The molecular formula is C25H33NO11. The SMILES string of the molecule is COc1ccc(CCNCC(O)c2ccc(O[C@@H]3O[C@H](C(=O)O)[C@@H](O)[C@H](O)[C@H]3O)c(OC)c2)cc1OC. The molecule has 12 nitrogen and oxygen atoms in total. The van der Waals surface area contributed by atoms with Crippen LogP contribution in [0.3, 0.4) is 0 Å². The smallest absolute Gasteiger partial charge is 0.335 e. The Kier molecular flexibility index (Phi) is 9.92. The lowest BCUT2D eigenvalue weighted by atomic mass is 9.99. The molecule has 1 saturated heterocycles. The molecule has 2 aromatic rings. The highest BCUT2D eigenvalue weighted by Crippen LogP contribution is 2.33. The first-order valence-electron chi connectivity index (χ1n) is 11.6. The lowest BCUT2D eigenvalue weighted by Gasteiger charge is -2.38. The molecule has 0 aromatic heterocycles. The van der Waals surface area contributed by atoms with Crippen LogP contribution in [0.15, 0.2) is 36.4 Å². The first-order chi connectivity index (χ1) is 17.7. The average molecular weight is 524 g/mol. The van der Waals surface area contributed by atoms with Crippen LogP contribution in [0.4, 0.5) is 0 Å². The van der Waals surface area contributed by atoms with E-state index in [9.17, 15) is 30.3 Å². The zero-order chi connectivity index (χ0) is 27.1. The Morgan fingerprint density at radius 3 is 2.22 bits per heavy atom. The summed E-state index contributed by atoms with van der Waals surface area (Å²) in [5, 5.41) is 53.0. The number of benzene rings is 2. The molecule has 1 heterocycles. The maximum Gasteiger partial charge on any atom is 0.335 e. The Balaban J connectivity index is 1.58. The van der Waals surface area contributed by atoms with Gasteiger partial charge in [-0.1, -0.05) is 12.1 Å². The number of methoxy groups -OCH3 is 3. The van der Waals surface area contributed by atoms with E-state index in [1.165, 1.54) is 19.2 Å². The first-order valence-corrected chi connectivity index (χ1v) is 11.6. The van der Waals surface area contributed by atoms with Gasteiger partial charge in [0.05, 0.1) is 27.4 Å². The third-order valence-corrected chi connectivity index (χ3v) is 6.00. The summed E-state index contributed by atoms with van der Waals surface area (Å²) in [5.41, 5.74) is 1.56. The number of aliphatic hydroxyl groups is 4. The van der Waals surface area contributed by atoms with Crippen LogP contribution < -0.4 is 24.3 Å². The molecular weight excluding hydrogens is 490 g/mol. The number of carboxylic acid groups (broad SMARTS) is 1. The van der Waals surface area contributed by atoms with E-state index in [1.807, 2.05) is 18.2 Å². The third kappa shape index (κ3) is 6.80. The van der Waals surface area contributed by atoms with Crippen molar-refractivity contribution in [2.45, 2.75) is 43.2 Å². The molecule has 2 aromatic carbocycles. The summed E-state index contributed by atoms with van der Waals surface area (Å²) in [6, 6.07) is 10.2. The average Bonchev–Trinajstić information content (AvgIpc) is 2.90. The topological polar surface area (TPSA) is 176 Å². The summed E-state index contributed by atoms with van der Waals surface area (Å²) in [4.78, 5) is 11.3. The highest BCUT2D eigenvalue weighted by atomic mass is 16.7. The second kappa shape index (κ2) is 12.9. The molecule has 0 bridgehead atoms. The van der Waals surface area contributed by atoms with E-state index < -0.39 is 42.8 Å². The molecule has 1 aliphatic heterocycles. The number of rotatable bonds is 12. The van der Waals surface area contributed by atoms with E-state index in [0.717, 1.165) is 5.56 Å². The standard InChI is InChI=1S/C25H33NO11/c1-33-16-6-4-13(10-18(16)34-2)8-9-26-12-15(27)14-5-7-17(19(11-14)35-3)36-25-22(30)20(28)21(29)23(37-25)24(31)32/h4-7,10-11,15,20-23,25-30H,8-9,12H2,1-3H3,(H,31,32)/t15?,20-,21-,22+,23-,25+/m0/s1. The Labute approximate surface area is 213 Å². The van der Waals surface area contributed by atoms with Crippen molar-refractivity contribution in [2.24, 2.45) is 0 Å². The highest BCUT2D eigenvalue weighted by molar-refractivity contribution is 5.73. The zero-order valence-electron chi connectivity index (χ0n) is 20.7. The van der Waals surface area contributed by atoms with E-state index in [-0.39, 0.29) is 18.0 Å². The summed E-state index contributed by atoms with van der Waals surface area (Å²) >= 11 is 0. The van der Waals surface area contributed by atoms with Crippen LogP contribution in [0.2, 0.25) is 0 Å². The summed E-state index contributed by atoms with van der Waals surface area (Å²) < 4.78 is 26.6. The van der Waals surface area contributed by atoms with Crippen LogP contribution in [0.5, 0.6) is 23.0 Å². The number of carboxylic acids is 1. The normalized spacial score (nSPS) is 24.2. The van der Waals surface area contributed by atoms with Crippen molar-refractivity contribution in [3.8, 4) is 23.0 Å².